The molecule has 0 spiro atoms. The number of benzene rings is 1. The van der Waals surface area contributed by atoms with Crippen molar-refractivity contribution in [1.29, 1.82) is 10.5 Å². The molecule has 2 aromatic heterocycles. The number of anilines is 1. The molecule has 3 N–H and O–H groups in total. The number of hydrogen-bond acceptors (Lipinski definition) is 6. The molecule has 7 nitrogen and oxygen atoms in total. The monoisotopic (exact) mass is 383 g/mol. The molecule has 0 saturated carbocycles. The van der Waals surface area contributed by atoms with Crippen LogP contribution in [0.4, 0.5) is 5.82 Å². The zero-order valence-electron chi connectivity index (χ0n) is 16.3. The largest absolute Gasteiger partial charge is 0.385 e. The molecular weight excluding hydrogens is 362 g/mol. The average molecular weight is 383 g/mol. The summed E-state index contributed by atoms with van der Waals surface area (Å²) in [6.07, 6.45) is 5.41. The highest BCUT2D eigenvalue weighted by molar-refractivity contribution is 5.90. The van der Waals surface area contributed by atoms with E-state index in [9.17, 15) is 10.5 Å². The lowest BCUT2D eigenvalue weighted by Crippen LogP contribution is -2.48. The fraction of sp³-hybridized carbons (Fsp3) is 0.273. The van der Waals surface area contributed by atoms with Gasteiger partial charge in [-0.1, -0.05) is 12.1 Å². The Kier molecular flexibility index (Phi) is 4.66. The van der Waals surface area contributed by atoms with Crippen molar-refractivity contribution in [3.8, 4) is 12.1 Å². The van der Waals surface area contributed by atoms with Crippen molar-refractivity contribution in [1.82, 2.24) is 20.5 Å². The van der Waals surface area contributed by atoms with Gasteiger partial charge in [-0.3, -0.25) is 10.1 Å². The molecule has 0 bridgehead atoms. The minimum atomic E-state index is -1.02. The van der Waals surface area contributed by atoms with E-state index >= 15 is 0 Å². The maximum absolute atomic E-state index is 10.2. The van der Waals surface area contributed by atoms with Crippen molar-refractivity contribution in [3.63, 3.8) is 0 Å². The molecule has 3 aromatic rings. The van der Waals surface area contributed by atoms with E-state index in [1.54, 1.807) is 12.4 Å². The number of aromatic amines is 1. The minimum absolute atomic E-state index is 0.132. The number of nitrogens with one attached hydrogen (secondary N) is 3. The smallest absolute Gasteiger partial charge is 0.156 e. The summed E-state index contributed by atoms with van der Waals surface area (Å²) in [6.45, 7) is 4.45. The van der Waals surface area contributed by atoms with Gasteiger partial charge in [0.15, 0.2) is 5.82 Å². The van der Waals surface area contributed by atoms with Gasteiger partial charge < -0.3 is 10.6 Å². The summed E-state index contributed by atoms with van der Waals surface area (Å²) in [4.78, 5) is 4.13. The Hall–Kier alpha value is -3.84. The van der Waals surface area contributed by atoms with Crippen molar-refractivity contribution < 1.29 is 0 Å². The van der Waals surface area contributed by atoms with Gasteiger partial charge in [0.2, 0.25) is 0 Å². The quantitative estimate of drug-likeness (QED) is 0.637. The summed E-state index contributed by atoms with van der Waals surface area (Å²) in [5.74, 6) is 0.197. The van der Waals surface area contributed by atoms with E-state index in [-0.39, 0.29) is 6.04 Å². The Labute approximate surface area is 169 Å². The second kappa shape index (κ2) is 7.29. The number of pyridine rings is 1. The van der Waals surface area contributed by atoms with Crippen LogP contribution in [0.5, 0.6) is 0 Å². The molecule has 3 heterocycles. The van der Waals surface area contributed by atoms with Crippen molar-refractivity contribution in [3.05, 3.63) is 65.6 Å². The lowest BCUT2D eigenvalue weighted by molar-refractivity contribution is 0.363. The molecule has 4 rings (SSSR count). The first-order valence-corrected chi connectivity index (χ1v) is 9.45. The van der Waals surface area contributed by atoms with Gasteiger partial charge in [0, 0.05) is 36.1 Å². The minimum Gasteiger partial charge on any atom is -0.385 e. The van der Waals surface area contributed by atoms with Crippen LogP contribution in [0.25, 0.3) is 10.9 Å². The predicted octanol–water partition coefficient (Wildman–Crippen LogP) is 3.37. The van der Waals surface area contributed by atoms with Crippen molar-refractivity contribution in [2.45, 2.75) is 31.8 Å². The molecular formula is C22H21N7. The number of allylic oxidation sites excluding steroid dienone is 2. The van der Waals surface area contributed by atoms with Crippen molar-refractivity contribution in [2.75, 3.05) is 5.32 Å². The average Bonchev–Trinajstić information content (AvgIpc) is 3.14. The molecule has 29 heavy (non-hydrogen) atoms. The van der Waals surface area contributed by atoms with E-state index in [2.05, 4.69) is 38.0 Å². The second-order valence-electron chi connectivity index (χ2n) is 7.40. The van der Waals surface area contributed by atoms with Crippen LogP contribution >= 0.6 is 0 Å². The number of aromatic nitrogens is 3. The fourth-order valence-corrected chi connectivity index (χ4v) is 4.05. The molecule has 1 aromatic carbocycles. The van der Waals surface area contributed by atoms with Gasteiger partial charge >= 0.3 is 0 Å². The Morgan fingerprint density at radius 3 is 2.86 bits per heavy atom. The van der Waals surface area contributed by atoms with E-state index in [0.29, 0.717) is 12.4 Å². The van der Waals surface area contributed by atoms with Gasteiger partial charge in [-0.05, 0) is 49.2 Å². The summed E-state index contributed by atoms with van der Waals surface area (Å²) in [6, 6.07) is 14.3. The summed E-state index contributed by atoms with van der Waals surface area (Å²) >= 11 is 0. The van der Waals surface area contributed by atoms with Gasteiger partial charge in [0.1, 0.15) is 5.41 Å². The SMILES string of the molecule is CC1=CC(C#N)(c2ccc3[nH]nc(NCc4cccnc4)c3c2)C(C#N)C(C)N1. The van der Waals surface area contributed by atoms with Gasteiger partial charge in [-0.2, -0.15) is 15.6 Å². The molecule has 1 aliphatic rings. The van der Waals surface area contributed by atoms with E-state index in [1.807, 2.05) is 50.3 Å². The molecule has 3 atom stereocenters. The normalized spacial score (nSPS) is 23.5. The standard InChI is InChI=1S/C22H21N7/c1-14-9-22(13-24,19(10-23)15(2)27-14)17-5-6-20-18(8-17)21(29-28-20)26-12-16-4-3-7-25-11-16/h3-9,11,15,19,27H,12H2,1-2H3,(H2,26,28,29). The maximum atomic E-state index is 10.2. The number of hydrogen-bond donors (Lipinski definition) is 3. The highest BCUT2D eigenvalue weighted by atomic mass is 15.2. The van der Waals surface area contributed by atoms with Gasteiger partial charge in [0.05, 0.1) is 23.6 Å². The van der Waals surface area contributed by atoms with Crippen LogP contribution in [0, 0.1) is 28.6 Å². The highest BCUT2D eigenvalue weighted by Crippen LogP contribution is 2.40. The third kappa shape index (κ3) is 3.17. The third-order valence-electron chi connectivity index (χ3n) is 5.44. The Bertz CT molecular complexity index is 1150. The summed E-state index contributed by atoms with van der Waals surface area (Å²) in [5.41, 5.74) is 2.58. The molecule has 1 aliphatic heterocycles. The molecule has 0 amide bonds. The number of rotatable bonds is 4. The Morgan fingerprint density at radius 2 is 2.14 bits per heavy atom. The Balaban J connectivity index is 1.76. The molecule has 0 fully saturated rings. The molecule has 3 unspecified atom stereocenters. The first kappa shape index (κ1) is 18.5. The third-order valence-corrected chi connectivity index (χ3v) is 5.44. The predicted molar refractivity (Wildman–Crippen MR) is 110 cm³/mol. The first-order valence-electron chi connectivity index (χ1n) is 9.45. The van der Waals surface area contributed by atoms with E-state index in [1.165, 1.54) is 0 Å². The molecule has 0 saturated heterocycles. The van der Waals surface area contributed by atoms with Crippen molar-refractivity contribution >= 4 is 16.7 Å². The first-order chi connectivity index (χ1) is 14.1. The zero-order valence-corrected chi connectivity index (χ0v) is 16.3. The number of nitriles is 2. The lowest BCUT2D eigenvalue weighted by atomic mass is 9.67. The molecule has 144 valence electrons. The highest BCUT2D eigenvalue weighted by Gasteiger charge is 2.45. The summed E-state index contributed by atoms with van der Waals surface area (Å²) < 4.78 is 0. The van der Waals surface area contributed by atoms with Crippen LogP contribution in [0.15, 0.2) is 54.5 Å². The second-order valence-corrected chi connectivity index (χ2v) is 7.40. The van der Waals surface area contributed by atoms with Crippen LogP contribution in [0.2, 0.25) is 0 Å². The number of nitrogens with zero attached hydrogens (tertiary/aromatic N) is 4. The summed E-state index contributed by atoms with van der Waals surface area (Å²) in [7, 11) is 0. The van der Waals surface area contributed by atoms with E-state index in [4.69, 9.17) is 0 Å². The summed E-state index contributed by atoms with van der Waals surface area (Å²) in [5, 5.41) is 34.9. The van der Waals surface area contributed by atoms with E-state index < -0.39 is 11.3 Å². The van der Waals surface area contributed by atoms with Gasteiger partial charge in [-0.15, -0.1) is 0 Å². The fourth-order valence-electron chi connectivity index (χ4n) is 4.05. The van der Waals surface area contributed by atoms with Crippen LogP contribution < -0.4 is 10.6 Å². The van der Waals surface area contributed by atoms with Gasteiger partial charge in [-0.25, -0.2) is 0 Å². The Morgan fingerprint density at radius 1 is 1.28 bits per heavy atom. The number of fused-ring (bicyclic) bond motifs is 1. The molecule has 0 aliphatic carbocycles. The molecule has 0 radical (unpaired) electrons. The van der Waals surface area contributed by atoms with Gasteiger partial charge in [0.25, 0.3) is 0 Å². The van der Waals surface area contributed by atoms with Crippen LogP contribution in [0.3, 0.4) is 0 Å². The lowest BCUT2D eigenvalue weighted by Gasteiger charge is -2.38. The number of H-pyrrole nitrogens is 1. The molecule has 7 heteroatoms. The topological polar surface area (TPSA) is 113 Å². The van der Waals surface area contributed by atoms with Crippen LogP contribution in [-0.4, -0.2) is 21.2 Å². The zero-order chi connectivity index (χ0) is 20.4. The van der Waals surface area contributed by atoms with E-state index in [0.717, 1.165) is 27.7 Å². The van der Waals surface area contributed by atoms with Crippen molar-refractivity contribution in [2.24, 2.45) is 5.92 Å². The maximum Gasteiger partial charge on any atom is 0.156 e. The van der Waals surface area contributed by atoms with Crippen LogP contribution in [0.1, 0.15) is 25.0 Å². The van der Waals surface area contributed by atoms with Crippen LogP contribution in [-0.2, 0) is 12.0 Å².